The Morgan fingerprint density at radius 2 is 0.434 bits per heavy atom. The second kappa shape index (κ2) is 46.1. The average Bonchev–Trinajstić information content (AvgIpc) is 3.63. The number of ketones is 2. The van der Waals surface area contributed by atoms with Crippen LogP contribution in [0.5, 0.6) is 0 Å². The predicted octanol–water partition coefficient (Wildman–Crippen LogP) is 24.8. The molecule has 0 aromatic heterocycles. The van der Waals surface area contributed by atoms with Gasteiger partial charge in [-0.3, -0.25) is 9.59 Å². The fourth-order valence-electron chi connectivity index (χ4n) is 10.2. The largest absolute Gasteiger partial charge is 0.489 e. The van der Waals surface area contributed by atoms with Gasteiger partial charge in [-0.2, -0.15) is 0 Å². The lowest BCUT2D eigenvalue weighted by atomic mass is 9.90. The van der Waals surface area contributed by atoms with Gasteiger partial charge in [0, 0.05) is 11.1 Å². The topological polar surface area (TPSA) is 52.6 Å². The highest BCUT2D eigenvalue weighted by Gasteiger charge is 2.34. The summed E-state index contributed by atoms with van der Waals surface area (Å²) in [6, 6.07) is 0. The summed E-state index contributed by atoms with van der Waals surface area (Å²) in [6.07, 6.45) is 63.4. The van der Waals surface area contributed by atoms with Crippen LogP contribution < -0.4 is 0 Å². The van der Waals surface area contributed by atoms with Gasteiger partial charge < -0.3 is 9.47 Å². The zero-order valence-electron chi connectivity index (χ0n) is 56.8. The lowest BCUT2D eigenvalue weighted by molar-refractivity contribution is -0.121. The van der Waals surface area contributed by atoms with E-state index in [0.717, 1.165) is 141 Å². The number of allylic oxidation sites excluding steroid dienone is 30. The van der Waals surface area contributed by atoms with Crippen molar-refractivity contribution in [2.75, 3.05) is 14.2 Å². The Labute approximate surface area is 512 Å². The third kappa shape index (κ3) is 38.4. The van der Waals surface area contributed by atoms with Crippen LogP contribution in [0.2, 0.25) is 0 Å². The summed E-state index contributed by atoms with van der Waals surface area (Å²) < 4.78 is 10.4. The Morgan fingerprint density at radius 3 is 0.614 bits per heavy atom. The van der Waals surface area contributed by atoms with Crippen molar-refractivity contribution in [1.82, 2.24) is 0 Å². The second-order valence-electron chi connectivity index (χ2n) is 25.0. The molecule has 0 N–H and O–H groups in total. The van der Waals surface area contributed by atoms with Crippen molar-refractivity contribution in [2.24, 2.45) is 0 Å². The fraction of sp³-hybridized carbons (Fsp3) is 0.570. The molecular weight excluding hydrogens is 1010 g/mol. The molecule has 0 radical (unpaired) electrons. The van der Waals surface area contributed by atoms with Gasteiger partial charge in [-0.05, 0) is 284 Å². The monoisotopic (exact) mass is 1130 g/mol. The maximum atomic E-state index is 12.9. The highest BCUT2D eigenvalue weighted by molar-refractivity contribution is 6.23. The van der Waals surface area contributed by atoms with Crippen LogP contribution in [0, 0.1) is 0 Å². The molecular formula is C79H122O4. The number of carbonyl (C=O) groups is 2. The van der Waals surface area contributed by atoms with E-state index in [-0.39, 0.29) is 23.1 Å². The predicted molar refractivity (Wildman–Crippen MR) is 367 cm³/mol. The van der Waals surface area contributed by atoms with Gasteiger partial charge in [0.25, 0.3) is 0 Å². The Hall–Kier alpha value is -5.22. The molecule has 462 valence electrons. The van der Waals surface area contributed by atoms with Gasteiger partial charge in [0.2, 0.25) is 23.1 Å². The van der Waals surface area contributed by atoms with E-state index in [4.69, 9.17) is 9.47 Å². The summed E-state index contributed by atoms with van der Waals surface area (Å²) in [6.45, 7) is 35.6. The molecule has 1 aliphatic rings. The van der Waals surface area contributed by atoms with Gasteiger partial charge >= 0.3 is 0 Å². The molecule has 0 amide bonds. The quantitative estimate of drug-likeness (QED) is 0.0451. The van der Waals surface area contributed by atoms with Gasteiger partial charge in [0.05, 0.1) is 14.2 Å². The summed E-state index contributed by atoms with van der Waals surface area (Å²) >= 11 is 0. The number of ether oxygens (including phenoxy) is 2. The molecule has 83 heavy (non-hydrogen) atoms. The van der Waals surface area contributed by atoms with Crippen molar-refractivity contribution in [3.8, 4) is 0 Å². The third-order valence-corrected chi connectivity index (χ3v) is 16.2. The van der Waals surface area contributed by atoms with Crippen LogP contribution in [0.25, 0.3) is 0 Å². The first-order chi connectivity index (χ1) is 39.6. The summed E-state index contributed by atoms with van der Waals surface area (Å²) in [5.74, 6) is -0.573. The van der Waals surface area contributed by atoms with E-state index in [9.17, 15) is 9.59 Å². The molecule has 0 aromatic carbocycles. The summed E-state index contributed by atoms with van der Waals surface area (Å²) in [4.78, 5) is 25.6. The van der Waals surface area contributed by atoms with E-state index in [2.05, 4.69) is 189 Å². The molecule has 0 bridgehead atoms. The van der Waals surface area contributed by atoms with Crippen molar-refractivity contribution in [3.05, 3.63) is 186 Å². The number of hydrogen-bond acceptors (Lipinski definition) is 4. The standard InChI is InChI=1S/C79H122O4/c1-60(2)32-19-33-61(3)34-20-35-62(4)36-21-37-63(5)38-22-39-64(6)40-23-41-65(7)42-24-43-66(8)44-25-45-67(9)46-26-47-68(10)48-27-49-69(11)50-28-51-70(12)52-29-53-71(13)54-30-55-72(14)56-31-57-73(15)58-59-75-74(16)76(80)78(82-17)79(83-18)77(75)81/h32,34,36,38,40,42,44,46,48,50,52,54,56,58H,19-31,33,35,37,39,41,43,45,47,49,51,53,55,57,59H2,1-18H3/b61-34+,62-36+,63-38+,64-40+,65-42+,66-44+,67-46+,68-48+,69-50+,70-52+,71-54+,72-56+,73-58+. The molecule has 1 rings (SSSR count). The minimum Gasteiger partial charge on any atom is -0.489 e. The Balaban J connectivity index is 2.27. The smallest absolute Gasteiger partial charge is 0.228 e. The molecule has 0 heterocycles. The first kappa shape index (κ1) is 75.8. The van der Waals surface area contributed by atoms with Gasteiger partial charge in [-0.1, -0.05) is 163 Å². The van der Waals surface area contributed by atoms with E-state index in [1.807, 2.05) is 0 Å². The molecule has 1 aliphatic carbocycles. The Bertz CT molecular complexity index is 2520. The summed E-state index contributed by atoms with van der Waals surface area (Å²) in [5, 5.41) is 0. The lowest BCUT2D eigenvalue weighted by Gasteiger charge is -2.19. The molecule has 0 saturated heterocycles. The van der Waals surface area contributed by atoms with Crippen LogP contribution in [0.15, 0.2) is 186 Å². The van der Waals surface area contributed by atoms with E-state index in [0.29, 0.717) is 17.6 Å². The van der Waals surface area contributed by atoms with Crippen molar-refractivity contribution >= 4 is 11.6 Å². The normalized spacial score (nSPS) is 15.9. The van der Waals surface area contributed by atoms with Gasteiger partial charge in [0.1, 0.15) is 0 Å². The molecule has 4 heteroatoms. The lowest BCUT2D eigenvalue weighted by Crippen LogP contribution is -2.24. The fourth-order valence-corrected chi connectivity index (χ4v) is 10.2. The minimum atomic E-state index is -0.284. The third-order valence-electron chi connectivity index (χ3n) is 16.2. The van der Waals surface area contributed by atoms with Gasteiger partial charge in [-0.15, -0.1) is 0 Å². The van der Waals surface area contributed by atoms with Crippen LogP contribution in [0.3, 0.4) is 0 Å². The van der Waals surface area contributed by atoms with Gasteiger partial charge in [0.15, 0.2) is 0 Å². The van der Waals surface area contributed by atoms with Gasteiger partial charge in [-0.25, -0.2) is 0 Å². The number of Topliss-reactive ketones (excluding diaryl/α,β-unsaturated/α-hetero) is 2. The van der Waals surface area contributed by atoms with Crippen LogP contribution in [-0.4, -0.2) is 25.8 Å². The highest BCUT2D eigenvalue weighted by atomic mass is 16.5. The van der Waals surface area contributed by atoms with E-state index in [1.165, 1.54) is 118 Å². The molecule has 0 spiro atoms. The van der Waals surface area contributed by atoms with E-state index < -0.39 is 0 Å². The van der Waals surface area contributed by atoms with E-state index in [1.54, 1.807) is 6.92 Å². The van der Waals surface area contributed by atoms with Crippen LogP contribution >= 0.6 is 0 Å². The number of hydrogen-bond donors (Lipinski definition) is 0. The van der Waals surface area contributed by atoms with Crippen molar-refractivity contribution in [3.63, 3.8) is 0 Å². The molecule has 0 atom stereocenters. The highest BCUT2D eigenvalue weighted by Crippen LogP contribution is 2.29. The molecule has 0 aromatic rings. The molecule has 0 unspecified atom stereocenters. The first-order valence-electron chi connectivity index (χ1n) is 32.3. The zero-order chi connectivity index (χ0) is 62.0. The van der Waals surface area contributed by atoms with Crippen LogP contribution in [0.4, 0.5) is 0 Å². The van der Waals surface area contributed by atoms with Crippen LogP contribution in [-0.2, 0) is 19.1 Å². The first-order valence-corrected chi connectivity index (χ1v) is 32.3. The Kier molecular flexibility index (Phi) is 42.1. The summed E-state index contributed by atoms with van der Waals surface area (Å²) in [7, 11) is 2.78. The molecule has 0 aliphatic heterocycles. The Morgan fingerprint density at radius 1 is 0.265 bits per heavy atom. The zero-order valence-corrected chi connectivity index (χ0v) is 56.8. The van der Waals surface area contributed by atoms with Crippen molar-refractivity contribution < 1.29 is 19.1 Å². The summed E-state index contributed by atoms with van der Waals surface area (Å²) in [5.41, 5.74) is 21.6. The van der Waals surface area contributed by atoms with E-state index >= 15 is 0 Å². The number of methoxy groups -OCH3 is 2. The second-order valence-corrected chi connectivity index (χ2v) is 25.0. The molecule has 0 fully saturated rings. The van der Waals surface area contributed by atoms with Crippen LogP contribution in [0.1, 0.15) is 284 Å². The maximum absolute atomic E-state index is 12.9. The number of rotatable bonds is 43. The SMILES string of the molecule is COC1=C(OC)C(=O)C(C/C=C(\C)CC/C=C(\C)CC/C=C(\C)CC/C=C(\C)CC/C=C(\C)CC/C=C(\C)CC/C=C(\C)CC/C=C(\C)CC/C=C(\C)CC/C=C(\C)CC/C=C(\C)CC/C=C(\C)CC/C=C(\C)CCC=C(C)C)=C(C)C1=O. The van der Waals surface area contributed by atoms with Crippen molar-refractivity contribution in [2.45, 2.75) is 284 Å². The minimum absolute atomic E-state index is 0.00704. The molecule has 0 saturated carbocycles. The maximum Gasteiger partial charge on any atom is 0.228 e. The average molecular weight is 1140 g/mol. The number of carbonyl (C=O) groups excluding carboxylic acids is 2. The van der Waals surface area contributed by atoms with Crippen molar-refractivity contribution in [1.29, 1.82) is 0 Å². The molecule has 4 nitrogen and oxygen atoms in total.